The smallest absolute Gasteiger partial charge is 0.341 e. The van der Waals surface area contributed by atoms with Crippen LogP contribution in [0, 0.1) is 0 Å². The Balaban J connectivity index is 2.29. The van der Waals surface area contributed by atoms with Gasteiger partial charge in [0, 0.05) is 5.92 Å². The topological polar surface area (TPSA) is 72.3 Å². The Hall–Kier alpha value is -1.65. The van der Waals surface area contributed by atoms with Gasteiger partial charge in [0.1, 0.15) is 5.56 Å². The Morgan fingerprint density at radius 2 is 2.06 bits per heavy atom. The predicted octanol–water partition coefficient (Wildman–Crippen LogP) is 2.23. The quantitative estimate of drug-likeness (QED) is 0.871. The molecule has 0 aromatic carbocycles. The molecule has 1 aromatic rings. The van der Waals surface area contributed by atoms with E-state index >= 15 is 0 Å². The third-order valence-corrected chi connectivity index (χ3v) is 3.23. The Labute approximate surface area is 99.8 Å². The highest BCUT2D eigenvalue weighted by Gasteiger charge is 2.21. The van der Waals surface area contributed by atoms with Crippen molar-refractivity contribution in [3.05, 3.63) is 17.3 Å². The monoisotopic (exact) mass is 236 g/mol. The molecule has 5 nitrogen and oxygen atoms in total. The summed E-state index contributed by atoms with van der Waals surface area (Å²) >= 11 is 0. The van der Waals surface area contributed by atoms with Gasteiger partial charge in [0.05, 0.1) is 12.8 Å². The molecule has 0 aliphatic heterocycles. The minimum Gasteiger partial charge on any atom is -0.479 e. The van der Waals surface area contributed by atoms with Crippen molar-refractivity contribution in [3.63, 3.8) is 0 Å². The summed E-state index contributed by atoms with van der Waals surface area (Å²) in [6.45, 7) is 0. The maximum absolute atomic E-state index is 11.1. The molecule has 1 heterocycles. The third-order valence-electron chi connectivity index (χ3n) is 3.23. The third kappa shape index (κ3) is 2.54. The van der Waals surface area contributed by atoms with Crippen molar-refractivity contribution in [2.24, 2.45) is 0 Å². The van der Waals surface area contributed by atoms with Crippen LogP contribution in [-0.2, 0) is 0 Å². The molecule has 2 rings (SSSR count). The number of rotatable bonds is 3. The number of hydrogen-bond acceptors (Lipinski definition) is 4. The van der Waals surface area contributed by atoms with Crippen LogP contribution in [0.4, 0.5) is 0 Å². The normalized spacial score (nSPS) is 16.8. The average molecular weight is 236 g/mol. The number of carbonyl (C=O) groups is 1. The lowest BCUT2D eigenvalue weighted by atomic mass is 9.86. The van der Waals surface area contributed by atoms with Gasteiger partial charge in [-0.25, -0.2) is 4.79 Å². The van der Waals surface area contributed by atoms with E-state index in [9.17, 15) is 4.79 Å². The largest absolute Gasteiger partial charge is 0.479 e. The van der Waals surface area contributed by atoms with Crippen LogP contribution < -0.4 is 4.74 Å². The first kappa shape index (κ1) is 11.8. The van der Waals surface area contributed by atoms with E-state index in [1.165, 1.54) is 26.4 Å². The van der Waals surface area contributed by atoms with Gasteiger partial charge in [-0.15, -0.1) is 5.10 Å². The maximum Gasteiger partial charge on any atom is 0.341 e. The number of methoxy groups -OCH3 is 1. The summed E-state index contributed by atoms with van der Waals surface area (Å²) in [5.41, 5.74) is 0.881. The molecule has 0 spiro atoms. The highest BCUT2D eigenvalue weighted by molar-refractivity contribution is 5.90. The Morgan fingerprint density at radius 1 is 1.35 bits per heavy atom. The summed E-state index contributed by atoms with van der Waals surface area (Å²) in [5, 5.41) is 17.0. The second-order valence-electron chi connectivity index (χ2n) is 4.33. The predicted molar refractivity (Wildman–Crippen MR) is 61.4 cm³/mol. The Morgan fingerprint density at radius 3 is 2.65 bits per heavy atom. The van der Waals surface area contributed by atoms with Gasteiger partial charge in [0.15, 0.2) is 0 Å². The van der Waals surface area contributed by atoms with Crippen molar-refractivity contribution in [2.75, 3.05) is 7.11 Å². The molecule has 1 aliphatic rings. The molecule has 0 bridgehead atoms. The van der Waals surface area contributed by atoms with E-state index in [2.05, 4.69) is 10.2 Å². The van der Waals surface area contributed by atoms with Crippen LogP contribution in [0.25, 0.3) is 0 Å². The molecule has 1 fully saturated rings. The first-order valence-electron chi connectivity index (χ1n) is 5.87. The molecule has 5 heteroatoms. The Kier molecular flexibility index (Phi) is 3.56. The van der Waals surface area contributed by atoms with E-state index in [-0.39, 0.29) is 11.4 Å². The highest BCUT2D eigenvalue weighted by atomic mass is 16.5. The molecule has 1 saturated carbocycles. The maximum atomic E-state index is 11.1. The summed E-state index contributed by atoms with van der Waals surface area (Å²) in [4.78, 5) is 11.1. The summed E-state index contributed by atoms with van der Waals surface area (Å²) in [7, 11) is 1.40. The van der Waals surface area contributed by atoms with Crippen LogP contribution in [0.3, 0.4) is 0 Å². The first-order valence-corrected chi connectivity index (χ1v) is 5.87. The molecule has 1 aromatic heterocycles. The van der Waals surface area contributed by atoms with Crippen LogP contribution in [0.2, 0.25) is 0 Å². The fraction of sp³-hybridized carbons (Fsp3) is 0.583. The second kappa shape index (κ2) is 5.12. The molecule has 0 amide bonds. The molecule has 0 unspecified atom stereocenters. The minimum absolute atomic E-state index is 0.0806. The first-order chi connectivity index (χ1) is 8.22. The van der Waals surface area contributed by atoms with Crippen LogP contribution in [0.15, 0.2) is 6.07 Å². The Bertz CT molecular complexity index is 414. The van der Waals surface area contributed by atoms with E-state index in [4.69, 9.17) is 9.84 Å². The van der Waals surface area contributed by atoms with Crippen LogP contribution in [0.5, 0.6) is 5.88 Å². The molecular weight excluding hydrogens is 220 g/mol. The molecule has 1 N–H and O–H groups in total. The van der Waals surface area contributed by atoms with Gasteiger partial charge in [-0.2, -0.15) is 5.10 Å². The van der Waals surface area contributed by atoms with Crippen LogP contribution in [0.1, 0.15) is 54.1 Å². The fourth-order valence-corrected chi connectivity index (χ4v) is 2.30. The summed E-state index contributed by atoms with van der Waals surface area (Å²) in [6, 6.07) is 1.60. The van der Waals surface area contributed by atoms with Gasteiger partial charge in [0.2, 0.25) is 5.88 Å². The lowest BCUT2D eigenvalue weighted by molar-refractivity contribution is 0.0691. The van der Waals surface area contributed by atoms with Crippen molar-refractivity contribution in [1.29, 1.82) is 0 Å². The van der Waals surface area contributed by atoms with Gasteiger partial charge < -0.3 is 9.84 Å². The number of carboxylic acid groups (broad SMARTS) is 1. The lowest BCUT2D eigenvalue weighted by Crippen LogP contribution is -2.11. The second-order valence-corrected chi connectivity index (χ2v) is 4.33. The van der Waals surface area contributed by atoms with E-state index in [0.29, 0.717) is 5.92 Å². The van der Waals surface area contributed by atoms with Crippen molar-refractivity contribution in [3.8, 4) is 5.88 Å². The number of aromatic carboxylic acids is 1. The van der Waals surface area contributed by atoms with Gasteiger partial charge in [0.25, 0.3) is 0 Å². The van der Waals surface area contributed by atoms with Gasteiger partial charge in [-0.3, -0.25) is 0 Å². The fourth-order valence-electron chi connectivity index (χ4n) is 2.30. The van der Waals surface area contributed by atoms with Gasteiger partial charge >= 0.3 is 5.97 Å². The van der Waals surface area contributed by atoms with Gasteiger partial charge in [-0.05, 0) is 18.9 Å². The van der Waals surface area contributed by atoms with Crippen LogP contribution >= 0.6 is 0 Å². The molecule has 1 aliphatic carbocycles. The molecule has 0 radical (unpaired) electrons. The van der Waals surface area contributed by atoms with Crippen molar-refractivity contribution < 1.29 is 14.6 Å². The summed E-state index contributed by atoms with van der Waals surface area (Å²) in [6.07, 6.45) is 5.76. The van der Waals surface area contributed by atoms with E-state index in [1.54, 1.807) is 6.07 Å². The number of aromatic nitrogens is 2. The number of nitrogens with zero attached hydrogens (tertiary/aromatic N) is 2. The standard InChI is InChI=1S/C12H16N2O3/c1-17-11-9(12(15)16)7-10(13-14-11)8-5-3-2-4-6-8/h7-8H,2-6H2,1H3,(H,15,16). The summed E-state index contributed by atoms with van der Waals surface area (Å²) < 4.78 is 4.89. The van der Waals surface area contributed by atoms with E-state index in [0.717, 1.165) is 18.5 Å². The van der Waals surface area contributed by atoms with E-state index in [1.807, 2.05) is 0 Å². The van der Waals surface area contributed by atoms with Crippen LogP contribution in [-0.4, -0.2) is 28.4 Å². The van der Waals surface area contributed by atoms with Crippen molar-refractivity contribution in [1.82, 2.24) is 10.2 Å². The number of hydrogen-bond donors (Lipinski definition) is 1. The molecule has 92 valence electrons. The number of ether oxygens (including phenoxy) is 1. The summed E-state index contributed by atoms with van der Waals surface area (Å²) in [5.74, 6) is -0.592. The highest BCUT2D eigenvalue weighted by Crippen LogP contribution is 2.32. The molecule has 0 atom stereocenters. The molecule has 0 saturated heterocycles. The van der Waals surface area contributed by atoms with Crippen molar-refractivity contribution >= 4 is 5.97 Å². The van der Waals surface area contributed by atoms with E-state index < -0.39 is 5.97 Å². The zero-order valence-corrected chi connectivity index (χ0v) is 9.85. The lowest BCUT2D eigenvalue weighted by Gasteiger charge is -2.20. The van der Waals surface area contributed by atoms with Gasteiger partial charge in [-0.1, -0.05) is 19.3 Å². The zero-order chi connectivity index (χ0) is 12.3. The SMILES string of the molecule is COc1nnc(C2CCCCC2)cc1C(=O)O. The van der Waals surface area contributed by atoms with Crippen molar-refractivity contribution in [2.45, 2.75) is 38.0 Å². The number of carboxylic acids is 1. The average Bonchev–Trinajstić information content (AvgIpc) is 2.39. The molecule has 17 heavy (non-hydrogen) atoms. The zero-order valence-electron chi connectivity index (χ0n) is 9.85. The molecular formula is C12H16N2O3. The minimum atomic E-state index is -1.02.